The molecule has 2 amide bonds. The molecule has 0 fully saturated rings. The van der Waals surface area contributed by atoms with Crippen LogP contribution < -0.4 is 10.1 Å². The third-order valence-corrected chi connectivity index (χ3v) is 5.69. The summed E-state index contributed by atoms with van der Waals surface area (Å²) in [6, 6.07) is 22.8. The molecule has 6 heteroatoms. The van der Waals surface area contributed by atoms with Gasteiger partial charge in [-0.05, 0) is 42.7 Å². The van der Waals surface area contributed by atoms with E-state index in [0.29, 0.717) is 17.8 Å². The van der Waals surface area contributed by atoms with Crippen LogP contribution in [0.2, 0.25) is 0 Å². The molecule has 0 saturated carbocycles. The molecule has 0 aliphatic carbocycles. The lowest BCUT2D eigenvalue weighted by molar-refractivity contribution is -0.140. The second kappa shape index (κ2) is 12.0. The molecule has 3 aromatic rings. The van der Waals surface area contributed by atoms with E-state index in [1.54, 1.807) is 48.2 Å². The fraction of sp³-hybridized carbons (Fsp3) is 0.276. The molecule has 1 unspecified atom stereocenters. The second-order valence-corrected chi connectivity index (χ2v) is 8.79. The number of ether oxygens (including phenoxy) is 1. The molecule has 0 aliphatic rings. The van der Waals surface area contributed by atoms with E-state index in [0.717, 1.165) is 11.1 Å². The smallest absolute Gasteiger partial charge is 0.343 e. The number of nitrogens with one attached hydrogen (secondary N) is 1. The van der Waals surface area contributed by atoms with E-state index < -0.39 is 12.0 Å². The minimum Gasteiger partial charge on any atom is -0.421 e. The first-order chi connectivity index (χ1) is 16.8. The van der Waals surface area contributed by atoms with Crippen molar-refractivity contribution in [2.24, 2.45) is 5.92 Å². The number of para-hydroxylation sites is 2. The number of hydrogen-bond acceptors (Lipinski definition) is 4. The molecule has 0 aromatic heterocycles. The number of esters is 1. The molecule has 3 aromatic carbocycles. The summed E-state index contributed by atoms with van der Waals surface area (Å²) in [7, 11) is 0. The summed E-state index contributed by atoms with van der Waals surface area (Å²) < 4.78 is 5.60. The van der Waals surface area contributed by atoms with Gasteiger partial charge in [0.2, 0.25) is 11.8 Å². The summed E-state index contributed by atoms with van der Waals surface area (Å²) in [6.07, 6.45) is 0.286. The molecule has 182 valence electrons. The minimum absolute atomic E-state index is 0.109. The van der Waals surface area contributed by atoms with Gasteiger partial charge in [-0.15, -0.1) is 0 Å². The van der Waals surface area contributed by atoms with Crippen molar-refractivity contribution in [2.75, 3.05) is 5.32 Å². The lowest BCUT2D eigenvalue weighted by Gasteiger charge is -2.33. The van der Waals surface area contributed by atoms with Crippen LogP contribution in [0.4, 0.5) is 5.69 Å². The maximum absolute atomic E-state index is 13.5. The van der Waals surface area contributed by atoms with Crippen molar-refractivity contribution >= 4 is 23.5 Å². The van der Waals surface area contributed by atoms with Gasteiger partial charge in [0.05, 0.1) is 11.3 Å². The van der Waals surface area contributed by atoms with Crippen molar-refractivity contribution in [3.63, 3.8) is 0 Å². The number of carbonyl (C=O) groups is 3. The molecule has 3 rings (SSSR count). The zero-order valence-electron chi connectivity index (χ0n) is 20.7. The molecule has 1 N–H and O–H groups in total. The van der Waals surface area contributed by atoms with E-state index in [2.05, 4.69) is 5.32 Å². The number of anilines is 1. The van der Waals surface area contributed by atoms with E-state index in [1.807, 2.05) is 63.2 Å². The molecule has 0 aliphatic heterocycles. The summed E-state index contributed by atoms with van der Waals surface area (Å²) >= 11 is 0. The Kier molecular flexibility index (Phi) is 8.79. The van der Waals surface area contributed by atoms with Crippen LogP contribution in [0.1, 0.15) is 48.7 Å². The highest BCUT2D eigenvalue weighted by Crippen LogP contribution is 2.27. The highest BCUT2D eigenvalue weighted by atomic mass is 16.5. The third kappa shape index (κ3) is 6.79. The standard InChI is InChI=1S/C29H32N2O4/c1-5-26(32)31(19-22-11-7-6-8-12-22)27(20(2)3)28(33)30-24-13-9-10-14-25(24)35-29(34)23-17-15-21(4)16-18-23/h6-18,20,27H,5,19H2,1-4H3,(H,30,33). The van der Waals surface area contributed by atoms with E-state index >= 15 is 0 Å². The zero-order valence-corrected chi connectivity index (χ0v) is 20.7. The second-order valence-electron chi connectivity index (χ2n) is 8.79. The van der Waals surface area contributed by atoms with Crippen molar-refractivity contribution in [1.29, 1.82) is 0 Å². The summed E-state index contributed by atoms with van der Waals surface area (Å²) in [5.41, 5.74) is 2.77. The number of rotatable bonds is 9. The Morgan fingerprint density at radius 1 is 0.886 bits per heavy atom. The van der Waals surface area contributed by atoms with Crippen molar-refractivity contribution in [2.45, 2.75) is 46.7 Å². The van der Waals surface area contributed by atoms with Crippen molar-refractivity contribution in [3.05, 3.63) is 95.6 Å². The van der Waals surface area contributed by atoms with Gasteiger partial charge >= 0.3 is 5.97 Å². The van der Waals surface area contributed by atoms with Gasteiger partial charge in [0, 0.05) is 13.0 Å². The van der Waals surface area contributed by atoms with Crippen LogP contribution in [0.5, 0.6) is 5.75 Å². The molecular weight excluding hydrogens is 440 g/mol. The largest absolute Gasteiger partial charge is 0.421 e. The lowest BCUT2D eigenvalue weighted by atomic mass is 9.99. The van der Waals surface area contributed by atoms with Gasteiger partial charge in [0.25, 0.3) is 0 Å². The topological polar surface area (TPSA) is 75.7 Å². The minimum atomic E-state index is -0.705. The molecule has 0 heterocycles. The van der Waals surface area contributed by atoms with Crippen LogP contribution in [0.3, 0.4) is 0 Å². The average molecular weight is 473 g/mol. The first kappa shape index (κ1) is 25.7. The summed E-state index contributed by atoms with van der Waals surface area (Å²) in [5.74, 6) is -0.862. The van der Waals surface area contributed by atoms with Gasteiger partial charge in [0.15, 0.2) is 5.75 Å². The Morgan fingerprint density at radius 3 is 2.14 bits per heavy atom. The fourth-order valence-electron chi connectivity index (χ4n) is 3.84. The number of benzene rings is 3. The average Bonchev–Trinajstić information content (AvgIpc) is 2.85. The molecule has 0 saturated heterocycles. The normalized spacial score (nSPS) is 11.6. The van der Waals surface area contributed by atoms with Crippen LogP contribution in [-0.4, -0.2) is 28.7 Å². The van der Waals surface area contributed by atoms with Crippen molar-refractivity contribution in [3.8, 4) is 5.75 Å². The number of nitrogens with zero attached hydrogens (tertiary/aromatic N) is 1. The third-order valence-electron chi connectivity index (χ3n) is 5.69. The Balaban J connectivity index is 1.83. The predicted molar refractivity (Wildman–Crippen MR) is 137 cm³/mol. The van der Waals surface area contributed by atoms with Gasteiger partial charge in [-0.25, -0.2) is 4.79 Å². The van der Waals surface area contributed by atoms with Gasteiger partial charge < -0.3 is 15.0 Å². The Bertz CT molecular complexity index is 1160. The van der Waals surface area contributed by atoms with E-state index in [-0.39, 0.29) is 29.9 Å². The summed E-state index contributed by atoms with van der Waals surface area (Å²) in [5, 5.41) is 2.89. The number of hydrogen-bond donors (Lipinski definition) is 1. The van der Waals surface area contributed by atoms with Crippen LogP contribution in [0.15, 0.2) is 78.9 Å². The molecule has 6 nitrogen and oxygen atoms in total. The fourth-order valence-corrected chi connectivity index (χ4v) is 3.84. The molecule has 0 spiro atoms. The SMILES string of the molecule is CCC(=O)N(Cc1ccccc1)C(C(=O)Nc1ccccc1OC(=O)c1ccc(C)cc1)C(C)C. The monoisotopic (exact) mass is 472 g/mol. The summed E-state index contributed by atoms with van der Waals surface area (Å²) in [4.78, 5) is 40.7. The first-order valence-corrected chi connectivity index (χ1v) is 11.8. The molecule has 35 heavy (non-hydrogen) atoms. The quantitative estimate of drug-likeness (QED) is 0.324. The van der Waals surface area contributed by atoms with Crippen LogP contribution in [-0.2, 0) is 16.1 Å². The van der Waals surface area contributed by atoms with E-state index in [9.17, 15) is 14.4 Å². The van der Waals surface area contributed by atoms with E-state index in [4.69, 9.17) is 4.74 Å². The van der Waals surface area contributed by atoms with Crippen LogP contribution in [0.25, 0.3) is 0 Å². The lowest BCUT2D eigenvalue weighted by Crippen LogP contribution is -2.49. The van der Waals surface area contributed by atoms with Crippen LogP contribution in [0, 0.1) is 12.8 Å². The maximum Gasteiger partial charge on any atom is 0.343 e. The predicted octanol–water partition coefficient (Wildman–Crippen LogP) is 5.62. The Hall–Kier alpha value is -3.93. The van der Waals surface area contributed by atoms with Gasteiger partial charge in [-0.1, -0.05) is 80.9 Å². The first-order valence-electron chi connectivity index (χ1n) is 11.8. The highest BCUT2D eigenvalue weighted by molar-refractivity contribution is 5.99. The molecule has 0 bridgehead atoms. The number of amides is 2. The zero-order chi connectivity index (χ0) is 25.4. The van der Waals surface area contributed by atoms with E-state index in [1.165, 1.54) is 0 Å². The summed E-state index contributed by atoms with van der Waals surface area (Å²) in [6.45, 7) is 7.88. The van der Waals surface area contributed by atoms with Crippen molar-refractivity contribution in [1.82, 2.24) is 4.90 Å². The van der Waals surface area contributed by atoms with Crippen LogP contribution >= 0.6 is 0 Å². The number of carbonyl (C=O) groups excluding carboxylic acids is 3. The molecule has 0 radical (unpaired) electrons. The van der Waals surface area contributed by atoms with Gasteiger partial charge in [0.1, 0.15) is 6.04 Å². The molecule has 1 atom stereocenters. The maximum atomic E-state index is 13.5. The number of aryl methyl sites for hydroxylation is 1. The van der Waals surface area contributed by atoms with Gasteiger partial charge in [-0.3, -0.25) is 9.59 Å². The van der Waals surface area contributed by atoms with Gasteiger partial charge in [-0.2, -0.15) is 0 Å². The Morgan fingerprint density at radius 2 is 1.51 bits per heavy atom. The van der Waals surface area contributed by atoms with Crippen molar-refractivity contribution < 1.29 is 19.1 Å². The highest BCUT2D eigenvalue weighted by Gasteiger charge is 2.32. The Labute approximate surface area is 206 Å². The molecular formula is C29H32N2O4.